The van der Waals surface area contributed by atoms with Crippen molar-refractivity contribution in [2.24, 2.45) is 0 Å². The van der Waals surface area contributed by atoms with Crippen molar-refractivity contribution in [3.8, 4) is 0 Å². The van der Waals surface area contributed by atoms with E-state index in [4.69, 9.17) is 4.74 Å². The van der Waals surface area contributed by atoms with Gasteiger partial charge in [0.15, 0.2) is 0 Å². The number of carbonyl (C=O) groups is 1. The van der Waals surface area contributed by atoms with E-state index in [-0.39, 0.29) is 11.5 Å². The second-order valence-corrected chi connectivity index (χ2v) is 5.50. The predicted octanol–water partition coefficient (Wildman–Crippen LogP) is 2.65. The van der Waals surface area contributed by atoms with E-state index in [9.17, 15) is 4.79 Å². The normalized spacial score (nSPS) is 20.5. The highest BCUT2D eigenvalue weighted by molar-refractivity contribution is 5.95. The van der Waals surface area contributed by atoms with Gasteiger partial charge in [-0.25, -0.2) is 4.79 Å². The number of hydrogen-bond donors (Lipinski definition) is 0. The molecule has 0 saturated carbocycles. The molecule has 3 nitrogen and oxygen atoms in total. The van der Waals surface area contributed by atoms with E-state index in [0.29, 0.717) is 12.2 Å². The zero-order valence-electron chi connectivity index (χ0n) is 11.2. The molecular weight excluding hydrogens is 238 g/mol. The first-order valence-electron chi connectivity index (χ1n) is 6.49. The maximum absolute atomic E-state index is 11.7. The third kappa shape index (κ3) is 2.05. The Kier molecular flexibility index (Phi) is 2.70. The highest BCUT2D eigenvalue weighted by Gasteiger charge is 2.36. The molecule has 0 amide bonds. The number of ether oxygens (including phenoxy) is 1. The number of benzene rings is 1. The van der Waals surface area contributed by atoms with E-state index in [1.165, 1.54) is 5.56 Å². The van der Waals surface area contributed by atoms with Gasteiger partial charge in [-0.2, -0.15) is 0 Å². The van der Waals surface area contributed by atoms with Crippen LogP contribution in [0.1, 0.15) is 19.4 Å². The highest BCUT2D eigenvalue weighted by Crippen LogP contribution is 2.34. The summed E-state index contributed by atoms with van der Waals surface area (Å²) in [4.78, 5) is 13.9. The van der Waals surface area contributed by atoms with Gasteiger partial charge in [0.25, 0.3) is 0 Å². The maximum Gasteiger partial charge on any atom is 0.340 e. The van der Waals surface area contributed by atoms with E-state index in [0.717, 1.165) is 12.2 Å². The van der Waals surface area contributed by atoms with Crippen LogP contribution < -0.4 is 0 Å². The molecule has 0 aromatic heterocycles. The van der Waals surface area contributed by atoms with Crippen LogP contribution in [0.15, 0.2) is 53.8 Å². The molecule has 1 aromatic rings. The SMILES string of the molecule is CC1(C)C=CC2=C(COC2=O)N1Cc1ccccc1. The molecule has 2 aliphatic heterocycles. The second kappa shape index (κ2) is 4.26. The van der Waals surface area contributed by atoms with Gasteiger partial charge in [-0.3, -0.25) is 0 Å². The minimum atomic E-state index is -0.209. The molecule has 0 atom stereocenters. The Morgan fingerprint density at radius 1 is 1.26 bits per heavy atom. The van der Waals surface area contributed by atoms with Gasteiger partial charge in [-0.05, 0) is 25.5 Å². The van der Waals surface area contributed by atoms with Gasteiger partial charge in [0, 0.05) is 6.54 Å². The lowest BCUT2D eigenvalue weighted by atomic mass is 9.94. The predicted molar refractivity (Wildman–Crippen MR) is 73.2 cm³/mol. The molecule has 2 aliphatic rings. The standard InChI is InChI=1S/C16H17NO2/c1-16(2)9-8-13-14(11-19-15(13)18)17(16)10-12-6-4-3-5-7-12/h3-9H,10-11H2,1-2H3. The van der Waals surface area contributed by atoms with Gasteiger partial charge in [-0.15, -0.1) is 0 Å². The number of rotatable bonds is 2. The lowest BCUT2D eigenvalue weighted by Gasteiger charge is -2.41. The molecule has 19 heavy (non-hydrogen) atoms. The minimum absolute atomic E-state index is 0.108. The lowest BCUT2D eigenvalue weighted by molar-refractivity contribution is -0.135. The zero-order valence-corrected chi connectivity index (χ0v) is 11.2. The zero-order chi connectivity index (χ0) is 13.5. The summed E-state index contributed by atoms with van der Waals surface area (Å²) < 4.78 is 5.16. The number of esters is 1. The van der Waals surface area contributed by atoms with Crippen molar-refractivity contribution in [2.75, 3.05) is 6.61 Å². The van der Waals surface area contributed by atoms with Gasteiger partial charge in [-0.1, -0.05) is 36.4 Å². The van der Waals surface area contributed by atoms with Crippen molar-refractivity contribution in [3.05, 3.63) is 59.3 Å². The molecule has 0 spiro atoms. The molecule has 2 heterocycles. The molecule has 3 heteroatoms. The summed E-state index contributed by atoms with van der Waals surface area (Å²) in [6.45, 7) is 5.47. The average molecular weight is 255 g/mol. The average Bonchev–Trinajstić information content (AvgIpc) is 2.76. The van der Waals surface area contributed by atoms with Crippen LogP contribution in [0.5, 0.6) is 0 Å². The quantitative estimate of drug-likeness (QED) is 0.761. The van der Waals surface area contributed by atoms with Crippen LogP contribution in [-0.4, -0.2) is 23.0 Å². The first-order chi connectivity index (χ1) is 9.08. The number of hydrogen-bond acceptors (Lipinski definition) is 3. The third-order valence-electron chi connectivity index (χ3n) is 3.73. The van der Waals surface area contributed by atoms with Crippen LogP contribution in [-0.2, 0) is 16.1 Å². The molecule has 0 aliphatic carbocycles. The van der Waals surface area contributed by atoms with Gasteiger partial charge < -0.3 is 9.64 Å². The van der Waals surface area contributed by atoms with E-state index in [2.05, 4.69) is 37.0 Å². The van der Waals surface area contributed by atoms with Crippen molar-refractivity contribution in [1.82, 2.24) is 4.90 Å². The molecule has 0 unspecified atom stereocenters. The second-order valence-electron chi connectivity index (χ2n) is 5.50. The molecule has 3 rings (SSSR count). The van der Waals surface area contributed by atoms with Crippen LogP contribution in [0.2, 0.25) is 0 Å². The van der Waals surface area contributed by atoms with Gasteiger partial charge in [0.05, 0.1) is 16.8 Å². The Morgan fingerprint density at radius 2 is 2.00 bits per heavy atom. The Labute approximate surface area is 113 Å². The Balaban J connectivity index is 1.95. The van der Waals surface area contributed by atoms with Gasteiger partial charge in [0.1, 0.15) is 6.61 Å². The fourth-order valence-electron chi connectivity index (χ4n) is 2.59. The van der Waals surface area contributed by atoms with Crippen LogP contribution >= 0.6 is 0 Å². The first-order valence-corrected chi connectivity index (χ1v) is 6.49. The van der Waals surface area contributed by atoms with E-state index in [1.807, 2.05) is 24.3 Å². The van der Waals surface area contributed by atoms with Crippen molar-refractivity contribution < 1.29 is 9.53 Å². The fourth-order valence-corrected chi connectivity index (χ4v) is 2.59. The van der Waals surface area contributed by atoms with E-state index < -0.39 is 0 Å². The largest absolute Gasteiger partial charge is 0.456 e. The van der Waals surface area contributed by atoms with Crippen LogP contribution in [0, 0.1) is 0 Å². The molecule has 98 valence electrons. The molecule has 0 saturated heterocycles. The van der Waals surface area contributed by atoms with Crippen LogP contribution in [0.25, 0.3) is 0 Å². The Bertz CT molecular complexity index is 570. The van der Waals surface area contributed by atoms with Gasteiger partial charge >= 0.3 is 5.97 Å². The summed E-state index contributed by atoms with van der Waals surface area (Å²) >= 11 is 0. The summed E-state index contributed by atoms with van der Waals surface area (Å²) in [5, 5.41) is 0. The lowest BCUT2D eigenvalue weighted by Crippen LogP contribution is -2.43. The van der Waals surface area contributed by atoms with Gasteiger partial charge in [0.2, 0.25) is 0 Å². The Hall–Kier alpha value is -2.03. The van der Waals surface area contributed by atoms with Crippen LogP contribution in [0.3, 0.4) is 0 Å². The molecule has 0 N–H and O–H groups in total. The first kappa shape index (κ1) is 12.0. The summed E-state index contributed by atoms with van der Waals surface area (Å²) in [6.07, 6.45) is 3.97. The van der Waals surface area contributed by atoms with Crippen molar-refractivity contribution in [2.45, 2.75) is 25.9 Å². The third-order valence-corrected chi connectivity index (χ3v) is 3.73. The van der Waals surface area contributed by atoms with E-state index in [1.54, 1.807) is 0 Å². The number of cyclic esters (lactones) is 1. The van der Waals surface area contributed by atoms with Crippen LogP contribution in [0.4, 0.5) is 0 Å². The summed E-state index contributed by atoms with van der Waals surface area (Å²) in [6, 6.07) is 10.3. The summed E-state index contributed by atoms with van der Waals surface area (Å²) in [5.74, 6) is -0.209. The molecule has 0 fully saturated rings. The Morgan fingerprint density at radius 3 is 2.74 bits per heavy atom. The van der Waals surface area contributed by atoms with Crippen molar-refractivity contribution in [3.63, 3.8) is 0 Å². The highest BCUT2D eigenvalue weighted by atomic mass is 16.5. The summed E-state index contributed by atoms with van der Waals surface area (Å²) in [5.41, 5.74) is 2.83. The molecular formula is C16H17NO2. The topological polar surface area (TPSA) is 29.5 Å². The monoisotopic (exact) mass is 255 g/mol. The molecule has 0 bridgehead atoms. The minimum Gasteiger partial charge on any atom is -0.456 e. The molecule has 1 aromatic carbocycles. The number of carbonyl (C=O) groups excluding carboxylic acids is 1. The van der Waals surface area contributed by atoms with Crippen molar-refractivity contribution in [1.29, 1.82) is 0 Å². The number of nitrogens with zero attached hydrogens (tertiary/aromatic N) is 1. The summed E-state index contributed by atoms with van der Waals surface area (Å²) in [7, 11) is 0. The molecule has 0 radical (unpaired) electrons. The fraction of sp³-hybridized carbons (Fsp3) is 0.312. The van der Waals surface area contributed by atoms with E-state index >= 15 is 0 Å². The van der Waals surface area contributed by atoms with Crippen molar-refractivity contribution >= 4 is 5.97 Å². The maximum atomic E-state index is 11.7. The smallest absolute Gasteiger partial charge is 0.340 e.